The van der Waals surface area contributed by atoms with Gasteiger partial charge in [0.1, 0.15) is 12.4 Å². The SMILES string of the molecule is COc1ccc(NC(N)=NCc2cccc(OCc3ccccc3)c2)cc1OC. The number of guanidine groups is 1. The van der Waals surface area contributed by atoms with Crippen molar-refractivity contribution in [1.82, 2.24) is 0 Å². The fourth-order valence-electron chi connectivity index (χ4n) is 2.75. The smallest absolute Gasteiger partial charge is 0.193 e. The molecule has 6 heteroatoms. The molecule has 0 unspecified atom stereocenters. The summed E-state index contributed by atoms with van der Waals surface area (Å²) in [6.45, 7) is 0.964. The van der Waals surface area contributed by atoms with Gasteiger partial charge in [-0.25, -0.2) is 4.99 Å². The molecule has 0 saturated heterocycles. The van der Waals surface area contributed by atoms with Gasteiger partial charge >= 0.3 is 0 Å². The molecule has 3 aromatic carbocycles. The molecule has 0 aromatic heterocycles. The number of nitrogens with one attached hydrogen (secondary N) is 1. The second-order valence-electron chi connectivity index (χ2n) is 6.32. The lowest BCUT2D eigenvalue weighted by molar-refractivity contribution is 0.306. The van der Waals surface area contributed by atoms with Crippen LogP contribution in [0.2, 0.25) is 0 Å². The van der Waals surface area contributed by atoms with Crippen molar-refractivity contribution in [2.24, 2.45) is 10.7 Å². The first kappa shape index (κ1) is 20.1. The molecule has 29 heavy (non-hydrogen) atoms. The van der Waals surface area contributed by atoms with Crippen LogP contribution in [0.4, 0.5) is 5.69 Å². The molecule has 0 aliphatic rings. The molecule has 3 N–H and O–H groups in total. The summed E-state index contributed by atoms with van der Waals surface area (Å²) in [7, 11) is 3.18. The number of hydrogen-bond acceptors (Lipinski definition) is 4. The minimum absolute atomic E-state index is 0.313. The summed E-state index contributed by atoms with van der Waals surface area (Å²) >= 11 is 0. The molecule has 6 nitrogen and oxygen atoms in total. The molecular formula is C23H25N3O3. The van der Waals surface area contributed by atoms with Crippen LogP contribution in [-0.2, 0) is 13.2 Å². The molecule has 0 fully saturated rings. The van der Waals surface area contributed by atoms with Gasteiger partial charge in [0.15, 0.2) is 17.5 Å². The average molecular weight is 391 g/mol. The number of rotatable bonds is 8. The molecule has 3 rings (SSSR count). The Morgan fingerprint density at radius 1 is 0.862 bits per heavy atom. The van der Waals surface area contributed by atoms with Crippen molar-refractivity contribution >= 4 is 11.6 Å². The van der Waals surface area contributed by atoms with Crippen molar-refractivity contribution in [3.05, 3.63) is 83.9 Å². The molecule has 0 heterocycles. The van der Waals surface area contributed by atoms with Crippen LogP contribution in [-0.4, -0.2) is 20.2 Å². The van der Waals surface area contributed by atoms with E-state index in [2.05, 4.69) is 10.3 Å². The van der Waals surface area contributed by atoms with Crippen LogP contribution in [0, 0.1) is 0 Å². The summed E-state index contributed by atoms with van der Waals surface area (Å²) in [5.41, 5.74) is 8.92. The first-order valence-electron chi connectivity index (χ1n) is 9.22. The minimum Gasteiger partial charge on any atom is -0.493 e. The zero-order valence-electron chi connectivity index (χ0n) is 16.6. The number of nitrogens with zero attached hydrogens (tertiary/aromatic N) is 1. The Kier molecular flexibility index (Phi) is 6.95. The fourth-order valence-corrected chi connectivity index (χ4v) is 2.75. The van der Waals surface area contributed by atoms with Gasteiger partial charge in [0.25, 0.3) is 0 Å². The van der Waals surface area contributed by atoms with Crippen LogP contribution in [0.15, 0.2) is 77.8 Å². The number of benzene rings is 3. The van der Waals surface area contributed by atoms with Gasteiger partial charge in [-0.05, 0) is 35.4 Å². The standard InChI is InChI=1S/C23H25N3O3/c1-27-21-12-11-19(14-22(21)28-2)26-23(24)25-15-18-9-6-10-20(13-18)29-16-17-7-4-3-5-8-17/h3-14H,15-16H2,1-2H3,(H3,24,25,26). The topological polar surface area (TPSA) is 78.1 Å². The van der Waals surface area contributed by atoms with Crippen molar-refractivity contribution in [1.29, 1.82) is 0 Å². The third-order valence-corrected chi connectivity index (χ3v) is 4.23. The van der Waals surface area contributed by atoms with Crippen LogP contribution in [0.3, 0.4) is 0 Å². The van der Waals surface area contributed by atoms with Gasteiger partial charge in [-0.2, -0.15) is 0 Å². The van der Waals surface area contributed by atoms with Crippen LogP contribution in [0.1, 0.15) is 11.1 Å². The normalized spacial score (nSPS) is 11.0. The Bertz CT molecular complexity index is 959. The van der Waals surface area contributed by atoms with E-state index >= 15 is 0 Å². The Hall–Kier alpha value is -3.67. The summed E-state index contributed by atoms with van der Waals surface area (Å²) in [6.07, 6.45) is 0. The number of aliphatic imine (C=N–C) groups is 1. The maximum atomic E-state index is 6.02. The summed E-state index contributed by atoms with van der Waals surface area (Å²) in [5, 5.41) is 3.06. The molecule has 0 aliphatic heterocycles. The molecule has 0 amide bonds. The van der Waals surface area contributed by atoms with E-state index in [1.165, 1.54) is 0 Å². The lowest BCUT2D eigenvalue weighted by Crippen LogP contribution is -2.22. The summed E-state index contributed by atoms with van der Waals surface area (Å²) in [6, 6.07) is 23.4. The molecule has 3 aromatic rings. The fraction of sp³-hybridized carbons (Fsp3) is 0.174. The highest BCUT2D eigenvalue weighted by Crippen LogP contribution is 2.29. The second-order valence-corrected chi connectivity index (χ2v) is 6.32. The molecule has 0 bridgehead atoms. The van der Waals surface area contributed by atoms with E-state index in [4.69, 9.17) is 19.9 Å². The Morgan fingerprint density at radius 3 is 2.38 bits per heavy atom. The van der Waals surface area contributed by atoms with Crippen molar-refractivity contribution in [2.75, 3.05) is 19.5 Å². The van der Waals surface area contributed by atoms with E-state index in [0.29, 0.717) is 30.6 Å². The van der Waals surface area contributed by atoms with E-state index < -0.39 is 0 Å². The first-order chi connectivity index (χ1) is 14.2. The van der Waals surface area contributed by atoms with Gasteiger partial charge < -0.3 is 25.3 Å². The van der Waals surface area contributed by atoms with E-state index in [9.17, 15) is 0 Å². The highest BCUT2D eigenvalue weighted by Gasteiger charge is 2.05. The molecule has 150 valence electrons. The monoisotopic (exact) mass is 391 g/mol. The Labute approximate surface area is 170 Å². The number of anilines is 1. The zero-order valence-corrected chi connectivity index (χ0v) is 16.6. The van der Waals surface area contributed by atoms with Crippen LogP contribution < -0.4 is 25.3 Å². The predicted molar refractivity (Wildman–Crippen MR) is 116 cm³/mol. The van der Waals surface area contributed by atoms with Crippen LogP contribution in [0.5, 0.6) is 17.2 Å². The van der Waals surface area contributed by atoms with Gasteiger partial charge in [0, 0.05) is 11.8 Å². The highest BCUT2D eigenvalue weighted by molar-refractivity contribution is 5.92. The molecule has 0 radical (unpaired) electrons. The summed E-state index contributed by atoms with van der Waals surface area (Å²) < 4.78 is 16.4. The van der Waals surface area contributed by atoms with Gasteiger partial charge in [0.05, 0.1) is 20.8 Å². The highest BCUT2D eigenvalue weighted by atomic mass is 16.5. The van der Waals surface area contributed by atoms with E-state index in [0.717, 1.165) is 22.6 Å². The van der Waals surface area contributed by atoms with Gasteiger partial charge in [0.2, 0.25) is 0 Å². The van der Waals surface area contributed by atoms with E-state index in [-0.39, 0.29) is 0 Å². The van der Waals surface area contributed by atoms with Crippen LogP contribution in [0.25, 0.3) is 0 Å². The number of nitrogens with two attached hydrogens (primary N) is 1. The third-order valence-electron chi connectivity index (χ3n) is 4.23. The largest absolute Gasteiger partial charge is 0.493 e. The Balaban J connectivity index is 1.59. The maximum absolute atomic E-state index is 6.02. The van der Waals surface area contributed by atoms with Crippen molar-refractivity contribution in [3.63, 3.8) is 0 Å². The molecule has 0 atom stereocenters. The Morgan fingerprint density at radius 2 is 1.62 bits per heavy atom. The minimum atomic E-state index is 0.313. The van der Waals surface area contributed by atoms with Crippen molar-refractivity contribution < 1.29 is 14.2 Å². The average Bonchev–Trinajstić information content (AvgIpc) is 2.77. The second kappa shape index (κ2) is 10.0. The van der Waals surface area contributed by atoms with E-state index in [1.807, 2.05) is 66.7 Å². The quantitative estimate of drug-likeness (QED) is 0.444. The molecule has 0 spiro atoms. The zero-order chi connectivity index (χ0) is 20.5. The number of ether oxygens (including phenoxy) is 3. The van der Waals surface area contributed by atoms with Crippen molar-refractivity contribution in [2.45, 2.75) is 13.2 Å². The first-order valence-corrected chi connectivity index (χ1v) is 9.22. The lowest BCUT2D eigenvalue weighted by Gasteiger charge is -2.11. The molecule has 0 aliphatic carbocycles. The maximum Gasteiger partial charge on any atom is 0.193 e. The predicted octanol–water partition coefficient (Wildman–Crippen LogP) is 4.21. The lowest BCUT2D eigenvalue weighted by atomic mass is 10.2. The van der Waals surface area contributed by atoms with E-state index in [1.54, 1.807) is 20.3 Å². The third kappa shape index (κ3) is 5.90. The van der Waals surface area contributed by atoms with Crippen molar-refractivity contribution in [3.8, 4) is 17.2 Å². The number of methoxy groups -OCH3 is 2. The van der Waals surface area contributed by atoms with Gasteiger partial charge in [-0.1, -0.05) is 42.5 Å². The number of hydrogen-bond donors (Lipinski definition) is 2. The van der Waals surface area contributed by atoms with Gasteiger partial charge in [-0.3, -0.25) is 0 Å². The molecule has 0 saturated carbocycles. The molecular weight excluding hydrogens is 366 g/mol. The van der Waals surface area contributed by atoms with Gasteiger partial charge in [-0.15, -0.1) is 0 Å². The summed E-state index contributed by atoms with van der Waals surface area (Å²) in [4.78, 5) is 4.40. The summed E-state index contributed by atoms with van der Waals surface area (Å²) in [5.74, 6) is 2.38. The van der Waals surface area contributed by atoms with Crippen LogP contribution >= 0.6 is 0 Å².